The lowest BCUT2D eigenvalue weighted by atomic mass is 10.1. The Hall–Kier alpha value is -2.82. The molecule has 2 aromatic rings. The van der Waals surface area contributed by atoms with Crippen LogP contribution >= 0.6 is 0 Å². The Labute approximate surface area is 129 Å². The van der Waals surface area contributed by atoms with E-state index in [9.17, 15) is 4.79 Å². The van der Waals surface area contributed by atoms with Crippen LogP contribution in [0.4, 0.5) is 0 Å². The molecule has 0 heterocycles. The highest BCUT2D eigenvalue weighted by atomic mass is 16.5. The van der Waals surface area contributed by atoms with Crippen LogP contribution in [-0.4, -0.2) is 25.8 Å². The van der Waals surface area contributed by atoms with Gasteiger partial charge in [0.05, 0.1) is 12.7 Å². The van der Waals surface area contributed by atoms with Crippen LogP contribution in [0.2, 0.25) is 0 Å². The third kappa shape index (κ3) is 3.85. The molecule has 5 heteroatoms. The molecule has 2 rings (SSSR count). The van der Waals surface area contributed by atoms with Crippen molar-refractivity contribution in [3.63, 3.8) is 0 Å². The van der Waals surface area contributed by atoms with Crippen LogP contribution in [-0.2, 0) is 16.1 Å². The van der Waals surface area contributed by atoms with E-state index < -0.39 is 5.97 Å². The SMILES string of the molecule is CNN=C(C(=O)OC)c1ccccc1OCc1ccccc1. The summed E-state index contributed by atoms with van der Waals surface area (Å²) in [6, 6.07) is 17.0. The van der Waals surface area contributed by atoms with Crippen molar-refractivity contribution in [3.05, 3.63) is 65.7 Å². The molecule has 0 amide bonds. The average molecular weight is 298 g/mol. The van der Waals surface area contributed by atoms with Gasteiger partial charge in [-0.15, -0.1) is 0 Å². The van der Waals surface area contributed by atoms with E-state index >= 15 is 0 Å². The lowest BCUT2D eigenvalue weighted by Crippen LogP contribution is -2.21. The molecule has 114 valence electrons. The molecule has 0 saturated carbocycles. The van der Waals surface area contributed by atoms with Crippen molar-refractivity contribution >= 4 is 11.7 Å². The Morgan fingerprint density at radius 2 is 1.77 bits per heavy atom. The minimum atomic E-state index is -0.523. The molecule has 22 heavy (non-hydrogen) atoms. The smallest absolute Gasteiger partial charge is 0.359 e. The van der Waals surface area contributed by atoms with Gasteiger partial charge in [0.15, 0.2) is 5.71 Å². The summed E-state index contributed by atoms with van der Waals surface area (Å²) < 4.78 is 10.6. The second-order valence-electron chi connectivity index (χ2n) is 4.45. The van der Waals surface area contributed by atoms with Gasteiger partial charge in [-0.1, -0.05) is 42.5 Å². The lowest BCUT2D eigenvalue weighted by Gasteiger charge is -2.12. The van der Waals surface area contributed by atoms with Crippen LogP contribution in [0.3, 0.4) is 0 Å². The molecule has 0 aliphatic heterocycles. The Bertz CT molecular complexity index is 654. The normalized spacial score (nSPS) is 10.9. The molecule has 0 fully saturated rings. The molecule has 2 aromatic carbocycles. The van der Waals surface area contributed by atoms with Crippen molar-refractivity contribution in [2.24, 2.45) is 5.10 Å². The van der Waals surface area contributed by atoms with E-state index in [1.54, 1.807) is 19.2 Å². The standard InChI is InChI=1S/C17H18N2O3/c1-18-19-16(17(20)21-2)14-10-6-7-11-15(14)22-12-13-8-4-3-5-9-13/h3-11,18H,12H2,1-2H3. The highest BCUT2D eigenvalue weighted by molar-refractivity contribution is 6.43. The van der Waals surface area contributed by atoms with E-state index in [-0.39, 0.29) is 5.71 Å². The number of rotatable bonds is 6. The van der Waals surface area contributed by atoms with Gasteiger partial charge in [-0.3, -0.25) is 0 Å². The quantitative estimate of drug-likeness (QED) is 0.505. The molecular weight excluding hydrogens is 280 g/mol. The van der Waals surface area contributed by atoms with Crippen LogP contribution < -0.4 is 10.2 Å². The molecule has 1 N–H and O–H groups in total. The lowest BCUT2D eigenvalue weighted by molar-refractivity contribution is -0.132. The number of esters is 1. The number of carbonyl (C=O) groups excluding carboxylic acids is 1. The number of carbonyl (C=O) groups is 1. The average Bonchev–Trinajstić information content (AvgIpc) is 2.58. The van der Waals surface area contributed by atoms with Gasteiger partial charge in [-0.25, -0.2) is 4.79 Å². The Morgan fingerprint density at radius 1 is 1.09 bits per heavy atom. The fraction of sp³-hybridized carbons (Fsp3) is 0.176. The van der Waals surface area contributed by atoms with E-state index in [0.717, 1.165) is 5.56 Å². The number of nitrogens with zero attached hydrogens (tertiary/aromatic N) is 1. The largest absolute Gasteiger partial charge is 0.488 e. The van der Waals surface area contributed by atoms with E-state index in [4.69, 9.17) is 9.47 Å². The molecule has 0 radical (unpaired) electrons. The molecule has 0 aliphatic carbocycles. The number of hydrogen-bond acceptors (Lipinski definition) is 5. The Balaban J connectivity index is 2.26. The van der Waals surface area contributed by atoms with Gasteiger partial charge in [0, 0.05) is 7.05 Å². The molecule has 5 nitrogen and oxygen atoms in total. The van der Waals surface area contributed by atoms with Crippen molar-refractivity contribution in [2.45, 2.75) is 6.61 Å². The van der Waals surface area contributed by atoms with Gasteiger partial charge in [0.25, 0.3) is 0 Å². The van der Waals surface area contributed by atoms with Gasteiger partial charge in [0.1, 0.15) is 12.4 Å². The fourth-order valence-electron chi connectivity index (χ4n) is 1.95. The summed E-state index contributed by atoms with van der Waals surface area (Å²) in [6.07, 6.45) is 0. The minimum Gasteiger partial charge on any atom is -0.488 e. The zero-order chi connectivity index (χ0) is 15.8. The van der Waals surface area contributed by atoms with E-state index in [0.29, 0.717) is 17.9 Å². The summed E-state index contributed by atoms with van der Waals surface area (Å²) in [5.74, 6) is 0.0517. The maximum absolute atomic E-state index is 11.9. The zero-order valence-electron chi connectivity index (χ0n) is 12.6. The maximum Gasteiger partial charge on any atom is 0.359 e. The number of methoxy groups -OCH3 is 1. The topological polar surface area (TPSA) is 59.9 Å². The minimum absolute atomic E-state index is 0.175. The number of hydrazone groups is 1. The summed E-state index contributed by atoms with van der Waals surface area (Å²) in [7, 11) is 2.94. The van der Waals surface area contributed by atoms with Crippen LogP contribution in [0.1, 0.15) is 11.1 Å². The third-order valence-electron chi connectivity index (χ3n) is 2.98. The first-order chi connectivity index (χ1) is 10.8. The zero-order valence-corrected chi connectivity index (χ0v) is 12.6. The van der Waals surface area contributed by atoms with Crippen LogP contribution in [0.5, 0.6) is 5.75 Å². The van der Waals surface area contributed by atoms with Crippen molar-refractivity contribution in [3.8, 4) is 5.75 Å². The van der Waals surface area contributed by atoms with Crippen LogP contribution in [0, 0.1) is 0 Å². The van der Waals surface area contributed by atoms with Gasteiger partial charge in [-0.2, -0.15) is 5.10 Å². The number of para-hydroxylation sites is 1. The first-order valence-corrected chi connectivity index (χ1v) is 6.85. The summed E-state index contributed by atoms with van der Waals surface area (Å²) in [6.45, 7) is 0.409. The monoisotopic (exact) mass is 298 g/mol. The molecule has 0 unspecified atom stereocenters. The van der Waals surface area contributed by atoms with Crippen molar-refractivity contribution < 1.29 is 14.3 Å². The number of nitrogens with one attached hydrogen (secondary N) is 1. The van der Waals surface area contributed by atoms with Crippen LogP contribution in [0.15, 0.2) is 59.7 Å². The first kappa shape index (κ1) is 15.6. The molecule has 0 saturated heterocycles. The van der Waals surface area contributed by atoms with Gasteiger partial charge >= 0.3 is 5.97 Å². The van der Waals surface area contributed by atoms with E-state index in [1.165, 1.54) is 7.11 Å². The molecule has 0 spiro atoms. The predicted molar refractivity (Wildman–Crippen MR) is 84.8 cm³/mol. The molecule has 0 atom stereocenters. The summed E-state index contributed by atoms with van der Waals surface area (Å²) in [4.78, 5) is 11.9. The second-order valence-corrected chi connectivity index (χ2v) is 4.45. The molecular formula is C17H18N2O3. The van der Waals surface area contributed by atoms with E-state index in [1.807, 2.05) is 42.5 Å². The highest BCUT2D eigenvalue weighted by Crippen LogP contribution is 2.21. The Kier molecular flexibility index (Phi) is 5.54. The van der Waals surface area contributed by atoms with Gasteiger partial charge < -0.3 is 14.9 Å². The van der Waals surface area contributed by atoms with Crippen molar-refractivity contribution in [2.75, 3.05) is 14.2 Å². The fourth-order valence-corrected chi connectivity index (χ4v) is 1.95. The second kappa shape index (κ2) is 7.83. The van der Waals surface area contributed by atoms with Gasteiger partial charge in [-0.05, 0) is 17.7 Å². The predicted octanol–water partition coefficient (Wildman–Crippen LogP) is 2.36. The maximum atomic E-state index is 11.9. The summed E-state index contributed by atoms with van der Waals surface area (Å²) in [5, 5.41) is 3.99. The van der Waals surface area contributed by atoms with Gasteiger partial charge in [0.2, 0.25) is 0 Å². The molecule has 0 bridgehead atoms. The highest BCUT2D eigenvalue weighted by Gasteiger charge is 2.19. The third-order valence-corrected chi connectivity index (χ3v) is 2.98. The Morgan fingerprint density at radius 3 is 2.45 bits per heavy atom. The number of ether oxygens (including phenoxy) is 2. The first-order valence-electron chi connectivity index (χ1n) is 6.85. The number of hydrogen-bond donors (Lipinski definition) is 1. The van der Waals surface area contributed by atoms with E-state index in [2.05, 4.69) is 10.5 Å². The summed E-state index contributed by atoms with van der Waals surface area (Å²) >= 11 is 0. The van der Waals surface area contributed by atoms with Crippen molar-refractivity contribution in [1.29, 1.82) is 0 Å². The van der Waals surface area contributed by atoms with Crippen LogP contribution in [0.25, 0.3) is 0 Å². The number of benzene rings is 2. The molecule has 0 aromatic heterocycles. The van der Waals surface area contributed by atoms with Crippen molar-refractivity contribution in [1.82, 2.24) is 5.43 Å². The molecule has 0 aliphatic rings. The summed E-state index contributed by atoms with van der Waals surface area (Å²) in [5.41, 5.74) is 4.42.